The van der Waals surface area contributed by atoms with Crippen molar-refractivity contribution in [1.82, 2.24) is 15.0 Å². The summed E-state index contributed by atoms with van der Waals surface area (Å²) in [6, 6.07) is 4.88. The highest BCUT2D eigenvalue weighted by Crippen LogP contribution is 2.39. The van der Waals surface area contributed by atoms with Gasteiger partial charge in [-0.05, 0) is 55.9 Å². The smallest absolute Gasteiger partial charge is 0.259 e. The lowest BCUT2D eigenvalue weighted by Gasteiger charge is -2.22. The summed E-state index contributed by atoms with van der Waals surface area (Å²) in [5.41, 5.74) is 3.09. The van der Waals surface area contributed by atoms with Crippen LogP contribution in [0.2, 0.25) is 5.15 Å². The molecule has 1 amide bonds. The quantitative estimate of drug-likeness (QED) is 0.229. The van der Waals surface area contributed by atoms with Gasteiger partial charge in [0.05, 0.1) is 24.6 Å². The number of aromatic nitrogens is 3. The third kappa shape index (κ3) is 5.03. The second-order valence-corrected chi connectivity index (χ2v) is 10.1. The van der Waals surface area contributed by atoms with E-state index < -0.39 is 23.4 Å². The molecule has 0 saturated carbocycles. The van der Waals surface area contributed by atoms with Crippen LogP contribution in [0.5, 0.6) is 5.75 Å². The van der Waals surface area contributed by atoms with Crippen LogP contribution >= 0.6 is 22.9 Å². The lowest BCUT2D eigenvalue weighted by atomic mass is 9.85. The van der Waals surface area contributed by atoms with E-state index in [1.165, 1.54) is 30.8 Å². The molecule has 4 aromatic rings. The van der Waals surface area contributed by atoms with Crippen molar-refractivity contribution >= 4 is 34.0 Å². The number of hydrogen-bond donors (Lipinski definition) is 1. The number of fused-ring (bicyclic) bond motifs is 1. The fourth-order valence-corrected chi connectivity index (χ4v) is 5.70. The number of nitrogens with one attached hydrogen (secondary N) is 1. The fourth-order valence-electron chi connectivity index (χ4n) is 4.46. The summed E-state index contributed by atoms with van der Waals surface area (Å²) in [7, 11) is 1.50. The van der Waals surface area contributed by atoms with Gasteiger partial charge < -0.3 is 4.74 Å². The van der Waals surface area contributed by atoms with E-state index in [9.17, 15) is 18.0 Å². The molecule has 0 aliphatic heterocycles. The van der Waals surface area contributed by atoms with Crippen molar-refractivity contribution in [2.75, 3.05) is 12.4 Å². The maximum atomic E-state index is 14.3. The molecular formula is C26H20ClF3N4O2S. The molecule has 1 N–H and O–H groups in total. The number of carbonyl (C=O) groups excluding carboxylic acids is 1. The maximum absolute atomic E-state index is 14.3. The van der Waals surface area contributed by atoms with E-state index in [2.05, 4.69) is 20.3 Å². The minimum absolute atomic E-state index is 0.142. The van der Waals surface area contributed by atoms with Crippen molar-refractivity contribution < 1.29 is 22.7 Å². The van der Waals surface area contributed by atoms with Gasteiger partial charge in [-0.15, -0.1) is 11.3 Å². The second-order valence-electron chi connectivity index (χ2n) is 8.65. The number of rotatable bonds is 5. The molecule has 5 rings (SSSR count). The number of benzene rings is 1. The number of anilines is 1. The Hall–Kier alpha value is -3.50. The molecule has 1 unspecified atom stereocenters. The average Bonchev–Trinajstić information content (AvgIpc) is 3.27. The van der Waals surface area contributed by atoms with Crippen molar-refractivity contribution in [3.8, 4) is 16.9 Å². The molecule has 1 atom stereocenters. The van der Waals surface area contributed by atoms with Gasteiger partial charge >= 0.3 is 0 Å². The fraction of sp³-hybridized carbons (Fsp3) is 0.231. The summed E-state index contributed by atoms with van der Waals surface area (Å²) < 4.78 is 46.9. The molecular weight excluding hydrogens is 525 g/mol. The molecule has 1 aliphatic carbocycles. The molecule has 0 bridgehead atoms. The predicted molar refractivity (Wildman–Crippen MR) is 135 cm³/mol. The predicted octanol–water partition coefficient (Wildman–Crippen LogP) is 6.51. The molecule has 0 saturated heterocycles. The van der Waals surface area contributed by atoms with Gasteiger partial charge in [-0.1, -0.05) is 11.6 Å². The Morgan fingerprint density at radius 3 is 2.65 bits per heavy atom. The maximum Gasteiger partial charge on any atom is 0.259 e. The Morgan fingerprint density at radius 2 is 1.86 bits per heavy atom. The van der Waals surface area contributed by atoms with E-state index in [1.807, 2.05) is 6.92 Å². The first-order valence-corrected chi connectivity index (χ1v) is 12.5. The van der Waals surface area contributed by atoms with E-state index in [1.54, 1.807) is 12.1 Å². The molecule has 0 radical (unpaired) electrons. The number of hydrogen-bond acceptors (Lipinski definition) is 6. The highest BCUT2D eigenvalue weighted by Gasteiger charge is 2.28. The normalized spacial score (nSPS) is 14.8. The van der Waals surface area contributed by atoms with Crippen LogP contribution in [-0.2, 0) is 12.8 Å². The minimum atomic E-state index is -1.21. The van der Waals surface area contributed by atoms with Crippen LogP contribution in [0, 0.1) is 24.4 Å². The van der Waals surface area contributed by atoms with Gasteiger partial charge in [0.25, 0.3) is 5.91 Å². The van der Waals surface area contributed by atoms with Gasteiger partial charge in [0.15, 0.2) is 16.8 Å². The van der Waals surface area contributed by atoms with Crippen LogP contribution in [0.3, 0.4) is 0 Å². The summed E-state index contributed by atoms with van der Waals surface area (Å²) in [6.07, 6.45) is 4.42. The highest BCUT2D eigenvalue weighted by molar-refractivity contribution is 7.15. The van der Waals surface area contributed by atoms with Gasteiger partial charge in [-0.2, -0.15) is 0 Å². The number of aryl methyl sites for hydroxylation is 2. The zero-order valence-corrected chi connectivity index (χ0v) is 21.3. The number of carbonyl (C=O) groups is 1. The lowest BCUT2D eigenvalue weighted by Crippen LogP contribution is -2.14. The Bertz CT molecular complexity index is 1530. The molecule has 190 valence electrons. The summed E-state index contributed by atoms with van der Waals surface area (Å²) >= 11 is 7.39. The van der Waals surface area contributed by atoms with Gasteiger partial charge in [-0.25, -0.2) is 23.1 Å². The van der Waals surface area contributed by atoms with Crippen LogP contribution < -0.4 is 10.1 Å². The highest BCUT2D eigenvalue weighted by atomic mass is 35.5. The van der Waals surface area contributed by atoms with Crippen molar-refractivity contribution in [3.05, 3.63) is 86.7 Å². The Labute approximate surface area is 219 Å². The van der Waals surface area contributed by atoms with E-state index in [-0.39, 0.29) is 16.6 Å². The number of pyridine rings is 2. The zero-order valence-electron chi connectivity index (χ0n) is 19.7. The van der Waals surface area contributed by atoms with Gasteiger partial charge in [0, 0.05) is 34.0 Å². The first-order valence-electron chi connectivity index (χ1n) is 11.3. The molecule has 1 aromatic carbocycles. The molecule has 11 heteroatoms. The first kappa shape index (κ1) is 25.2. The average molecular weight is 545 g/mol. The van der Waals surface area contributed by atoms with Crippen LogP contribution in [0.4, 0.5) is 18.3 Å². The monoisotopic (exact) mass is 544 g/mol. The largest absolute Gasteiger partial charge is 0.494 e. The Morgan fingerprint density at radius 1 is 1.08 bits per heavy atom. The van der Waals surface area contributed by atoms with Gasteiger partial charge in [-0.3, -0.25) is 15.1 Å². The van der Waals surface area contributed by atoms with E-state index >= 15 is 0 Å². The minimum Gasteiger partial charge on any atom is -0.494 e. The number of amides is 1. The number of nitrogens with zero attached hydrogens (tertiary/aromatic N) is 3. The van der Waals surface area contributed by atoms with Crippen molar-refractivity contribution in [1.29, 1.82) is 0 Å². The zero-order chi connectivity index (χ0) is 26.3. The standard InChI is InChI=1S/C26H20ClF3N4O2S/c1-12-5-15(16-8-24(27)32-11-22(16)36-2)17(10-31-12)25(35)34-26-33-21-4-3-13(6-23(21)37-26)14-7-19(29)20(30)9-18(14)28/h5,7-11,13H,3-4,6H2,1-2H3,(H,33,34,35). The molecule has 0 spiro atoms. The van der Waals surface area contributed by atoms with E-state index in [4.69, 9.17) is 16.3 Å². The van der Waals surface area contributed by atoms with Crippen LogP contribution in [-0.4, -0.2) is 28.0 Å². The third-order valence-corrected chi connectivity index (χ3v) is 7.51. The number of halogens is 4. The molecule has 37 heavy (non-hydrogen) atoms. The molecule has 0 fully saturated rings. The second kappa shape index (κ2) is 10.1. The number of ether oxygens (including phenoxy) is 1. The van der Waals surface area contributed by atoms with Gasteiger partial charge in [0.2, 0.25) is 0 Å². The topological polar surface area (TPSA) is 77.0 Å². The van der Waals surface area contributed by atoms with Crippen LogP contribution in [0.25, 0.3) is 11.1 Å². The van der Waals surface area contributed by atoms with Crippen LogP contribution in [0.15, 0.2) is 36.7 Å². The molecule has 6 nitrogen and oxygen atoms in total. The summed E-state index contributed by atoms with van der Waals surface area (Å²) in [5, 5.41) is 3.46. The molecule has 3 aromatic heterocycles. The van der Waals surface area contributed by atoms with E-state index in [0.29, 0.717) is 58.6 Å². The Balaban J connectivity index is 1.41. The molecule has 1 aliphatic rings. The van der Waals surface area contributed by atoms with Crippen molar-refractivity contribution in [3.63, 3.8) is 0 Å². The Kier molecular flexibility index (Phi) is 6.87. The van der Waals surface area contributed by atoms with Gasteiger partial charge in [0.1, 0.15) is 16.7 Å². The SMILES string of the molecule is COc1cnc(Cl)cc1-c1cc(C)ncc1C(=O)Nc1nc2c(s1)CC(c1cc(F)c(F)cc1F)CC2. The van der Waals surface area contributed by atoms with Crippen molar-refractivity contribution in [2.45, 2.75) is 32.1 Å². The third-order valence-electron chi connectivity index (χ3n) is 6.27. The number of thiazole rings is 1. The van der Waals surface area contributed by atoms with E-state index in [0.717, 1.165) is 16.6 Å². The first-order chi connectivity index (χ1) is 17.7. The molecule has 3 heterocycles. The summed E-state index contributed by atoms with van der Waals surface area (Å²) in [4.78, 5) is 27.0. The van der Waals surface area contributed by atoms with Crippen molar-refractivity contribution in [2.24, 2.45) is 0 Å². The van der Waals surface area contributed by atoms with Crippen LogP contribution in [0.1, 0.15) is 44.5 Å². The summed E-state index contributed by atoms with van der Waals surface area (Å²) in [6.45, 7) is 1.81. The number of methoxy groups -OCH3 is 1. The summed E-state index contributed by atoms with van der Waals surface area (Å²) in [5.74, 6) is -3.35. The lowest BCUT2D eigenvalue weighted by molar-refractivity contribution is 0.102.